The maximum atomic E-state index is 13.3. The van der Waals surface area contributed by atoms with Crippen LogP contribution < -0.4 is 25.5 Å². The Morgan fingerprint density at radius 1 is 1.14 bits per heavy atom. The number of rotatable bonds is 11. The summed E-state index contributed by atoms with van der Waals surface area (Å²) in [5.74, 6) is -0.678. The van der Waals surface area contributed by atoms with Gasteiger partial charge in [0.25, 0.3) is 5.56 Å². The summed E-state index contributed by atoms with van der Waals surface area (Å²) in [6.45, 7) is -3.27. The van der Waals surface area contributed by atoms with E-state index in [0.29, 0.717) is 28.4 Å². The van der Waals surface area contributed by atoms with Gasteiger partial charge in [0, 0.05) is 26.1 Å². The molecular weight excluding hydrogens is 615 g/mol. The van der Waals surface area contributed by atoms with E-state index in [1.165, 1.54) is 47.8 Å². The molecule has 16 heteroatoms. The number of aryl methyl sites for hydroxylation is 1. The first kappa shape index (κ1) is 30.3. The maximum absolute atomic E-state index is 13.3. The largest absolute Gasteiger partial charge is 0.619 e. The SMILES string of the molecule is Cn1c(=O)c2c(ncn2CC(=O)OC(Cc2c(Cl)c[n+]([O-])cc2Cl)c2ccc(OC(F)F)c(OCC3CC3)c2)n(C)c1=O. The van der Waals surface area contributed by atoms with Gasteiger partial charge in [-0.05, 0) is 36.5 Å². The summed E-state index contributed by atoms with van der Waals surface area (Å²) in [6.07, 6.45) is 4.11. The van der Waals surface area contributed by atoms with E-state index in [-0.39, 0.29) is 39.1 Å². The monoisotopic (exact) mass is 639 g/mol. The second kappa shape index (κ2) is 12.2. The first-order valence-corrected chi connectivity index (χ1v) is 13.8. The molecule has 0 spiro atoms. The zero-order valence-corrected chi connectivity index (χ0v) is 24.3. The van der Waals surface area contributed by atoms with Crippen molar-refractivity contribution in [2.24, 2.45) is 20.0 Å². The maximum Gasteiger partial charge on any atom is 0.387 e. The fourth-order valence-corrected chi connectivity index (χ4v) is 5.11. The molecular formula is C27H25Cl2F2N5O7. The van der Waals surface area contributed by atoms with Crippen LogP contribution in [0.3, 0.4) is 0 Å². The van der Waals surface area contributed by atoms with Crippen molar-refractivity contribution in [2.45, 2.75) is 38.5 Å². The minimum absolute atomic E-state index is 0.0106. The Hall–Kier alpha value is -4.17. The van der Waals surface area contributed by atoms with Gasteiger partial charge in [-0.1, -0.05) is 29.3 Å². The Morgan fingerprint density at radius 2 is 1.84 bits per heavy atom. The van der Waals surface area contributed by atoms with E-state index in [1.54, 1.807) is 0 Å². The van der Waals surface area contributed by atoms with Gasteiger partial charge in [0.2, 0.25) is 0 Å². The van der Waals surface area contributed by atoms with Crippen molar-refractivity contribution >= 4 is 40.3 Å². The van der Waals surface area contributed by atoms with Gasteiger partial charge in [0.1, 0.15) is 22.7 Å². The van der Waals surface area contributed by atoms with Crippen molar-refractivity contribution in [3.05, 3.63) is 84.1 Å². The first-order chi connectivity index (χ1) is 20.4. The number of hydrogen-bond acceptors (Lipinski definition) is 8. The van der Waals surface area contributed by atoms with Gasteiger partial charge in [-0.15, -0.1) is 0 Å². The Bertz CT molecular complexity index is 1800. The normalized spacial score (nSPS) is 13.8. The van der Waals surface area contributed by atoms with E-state index in [1.807, 2.05) is 0 Å². The van der Waals surface area contributed by atoms with Gasteiger partial charge in [-0.2, -0.15) is 13.5 Å². The summed E-state index contributed by atoms with van der Waals surface area (Å²) >= 11 is 12.6. The molecule has 1 aromatic carbocycles. The highest BCUT2D eigenvalue weighted by Crippen LogP contribution is 2.37. The fourth-order valence-electron chi connectivity index (χ4n) is 4.51. The van der Waals surface area contributed by atoms with Gasteiger partial charge in [0.15, 0.2) is 35.1 Å². The molecule has 1 saturated carbocycles. The molecule has 12 nitrogen and oxygen atoms in total. The zero-order valence-electron chi connectivity index (χ0n) is 22.8. The van der Waals surface area contributed by atoms with E-state index in [9.17, 15) is 28.4 Å². The van der Waals surface area contributed by atoms with Crippen molar-refractivity contribution < 1.29 is 32.5 Å². The predicted octanol–water partition coefficient (Wildman–Crippen LogP) is 3.29. The molecule has 228 valence electrons. The number of carbonyl (C=O) groups is 1. The summed E-state index contributed by atoms with van der Waals surface area (Å²) in [4.78, 5) is 42.5. The number of benzene rings is 1. The summed E-state index contributed by atoms with van der Waals surface area (Å²) in [7, 11) is 2.75. The number of carbonyl (C=O) groups excluding carboxylic acids is 1. The standard InChI is InChI=1S/C27H25Cl2F2N5O7/c1-33-24-23(25(38)34(2)27(33)39)35(13-32-24)11-22(37)42-20(8-16-17(28)9-36(40)10-18(16)29)15-5-6-19(43-26(30)31)21(7-15)41-12-14-3-4-14/h5-7,9-10,13-14,20,26H,3-4,8,11-12H2,1-2H3. The van der Waals surface area contributed by atoms with Crippen LogP contribution in [0.4, 0.5) is 8.78 Å². The number of halogens is 4. The van der Waals surface area contributed by atoms with Gasteiger partial charge >= 0.3 is 18.3 Å². The van der Waals surface area contributed by atoms with Crippen molar-refractivity contribution in [2.75, 3.05) is 6.61 Å². The van der Waals surface area contributed by atoms with Gasteiger partial charge in [-0.25, -0.2) is 9.78 Å². The van der Waals surface area contributed by atoms with E-state index in [4.69, 9.17) is 32.7 Å². The molecule has 0 bridgehead atoms. The highest BCUT2D eigenvalue weighted by molar-refractivity contribution is 6.35. The Balaban J connectivity index is 1.49. The van der Waals surface area contributed by atoms with Crippen LogP contribution in [0, 0.1) is 11.1 Å². The van der Waals surface area contributed by atoms with Crippen molar-refractivity contribution in [3.63, 3.8) is 0 Å². The lowest BCUT2D eigenvalue weighted by atomic mass is 10.0. The number of esters is 1. The third-order valence-corrected chi connectivity index (χ3v) is 7.62. The van der Waals surface area contributed by atoms with Crippen LogP contribution in [-0.2, 0) is 36.6 Å². The number of imidazole rings is 1. The molecule has 0 radical (unpaired) electrons. The molecule has 0 amide bonds. The molecule has 4 aromatic rings. The summed E-state index contributed by atoms with van der Waals surface area (Å²) in [5.41, 5.74) is -0.518. The number of aromatic nitrogens is 5. The van der Waals surface area contributed by atoms with Crippen LogP contribution in [0.1, 0.15) is 30.1 Å². The minimum atomic E-state index is -3.10. The second-order valence-corrected chi connectivity index (χ2v) is 10.9. The molecule has 3 heterocycles. The van der Waals surface area contributed by atoms with E-state index >= 15 is 0 Å². The highest BCUT2D eigenvalue weighted by Gasteiger charge is 2.27. The zero-order chi connectivity index (χ0) is 31.0. The molecule has 3 aromatic heterocycles. The Kier molecular flexibility index (Phi) is 8.60. The average Bonchev–Trinajstić information content (AvgIpc) is 3.69. The van der Waals surface area contributed by atoms with Crippen LogP contribution in [-0.4, -0.2) is 37.9 Å². The quantitative estimate of drug-likeness (QED) is 0.139. The fraction of sp³-hybridized carbons (Fsp3) is 0.370. The van der Waals surface area contributed by atoms with Crippen molar-refractivity contribution in [1.82, 2.24) is 18.7 Å². The molecule has 1 unspecified atom stereocenters. The van der Waals surface area contributed by atoms with Crippen molar-refractivity contribution in [3.8, 4) is 11.5 Å². The third-order valence-electron chi connectivity index (χ3n) is 6.96. The molecule has 5 rings (SSSR count). The summed E-state index contributed by atoms with van der Waals surface area (Å²) in [5, 5.41) is 11.8. The molecule has 1 fully saturated rings. The van der Waals surface area contributed by atoms with E-state index in [2.05, 4.69) is 9.72 Å². The molecule has 0 saturated heterocycles. The van der Waals surface area contributed by atoms with Crippen LogP contribution in [0.2, 0.25) is 10.0 Å². The molecule has 1 aliphatic carbocycles. The Morgan fingerprint density at radius 3 is 2.49 bits per heavy atom. The minimum Gasteiger partial charge on any atom is -0.619 e. The lowest BCUT2D eigenvalue weighted by molar-refractivity contribution is -0.605. The van der Waals surface area contributed by atoms with Crippen LogP contribution in [0.5, 0.6) is 11.5 Å². The summed E-state index contributed by atoms with van der Waals surface area (Å²) < 4.78 is 46.2. The lowest BCUT2D eigenvalue weighted by Gasteiger charge is -2.21. The molecule has 1 atom stereocenters. The van der Waals surface area contributed by atoms with E-state index in [0.717, 1.165) is 29.8 Å². The van der Waals surface area contributed by atoms with Gasteiger partial charge in [-0.3, -0.25) is 18.7 Å². The smallest absolute Gasteiger partial charge is 0.387 e. The first-order valence-electron chi connectivity index (χ1n) is 13.0. The number of fused-ring (bicyclic) bond motifs is 1. The molecule has 1 aliphatic rings. The van der Waals surface area contributed by atoms with Crippen LogP contribution in [0.15, 0.2) is 46.5 Å². The van der Waals surface area contributed by atoms with Crippen LogP contribution in [0.25, 0.3) is 11.2 Å². The summed E-state index contributed by atoms with van der Waals surface area (Å²) in [6, 6.07) is 4.13. The molecule has 0 aliphatic heterocycles. The van der Waals surface area contributed by atoms with Gasteiger partial charge in [0.05, 0.1) is 12.9 Å². The Labute approximate surface area is 252 Å². The van der Waals surface area contributed by atoms with Crippen molar-refractivity contribution in [1.29, 1.82) is 0 Å². The van der Waals surface area contributed by atoms with Crippen LogP contribution >= 0.6 is 23.2 Å². The van der Waals surface area contributed by atoms with Gasteiger partial charge < -0.3 is 24.0 Å². The predicted molar refractivity (Wildman–Crippen MR) is 149 cm³/mol. The number of hydrogen-bond donors (Lipinski definition) is 0. The van der Waals surface area contributed by atoms with E-state index < -0.39 is 36.5 Å². The molecule has 0 N–H and O–H groups in total. The topological polar surface area (TPSA) is 134 Å². The number of alkyl halides is 2. The average molecular weight is 640 g/mol. The number of pyridine rings is 1. The molecule has 43 heavy (non-hydrogen) atoms. The third kappa shape index (κ3) is 6.59. The highest BCUT2D eigenvalue weighted by atomic mass is 35.5. The number of ether oxygens (including phenoxy) is 3. The lowest BCUT2D eigenvalue weighted by Crippen LogP contribution is -2.37. The number of nitrogens with zero attached hydrogens (tertiary/aromatic N) is 5. The second-order valence-electron chi connectivity index (χ2n) is 10.1.